The monoisotopic (exact) mass is 470 g/mol. The maximum atomic E-state index is 13.2. The molecule has 0 bridgehead atoms. The summed E-state index contributed by atoms with van der Waals surface area (Å²) in [6.45, 7) is 3.82. The zero-order valence-electron chi connectivity index (χ0n) is 17.9. The molecule has 32 heavy (non-hydrogen) atoms. The Morgan fingerprint density at radius 2 is 1.78 bits per heavy atom. The zero-order valence-corrected chi connectivity index (χ0v) is 19.5. The number of nitrogens with one attached hydrogen (secondary N) is 1. The van der Waals surface area contributed by atoms with Gasteiger partial charge in [-0.25, -0.2) is 4.98 Å². The molecule has 1 aromatic heterocycles. The molecule has 0 saturated carbocycles. The summed E-state index contributed by atoms with van der Waals surface area (Å²) in [6.07, 6.45) is 4.68. The highest BCUT2D eigenvalue weighted by Gasteiger charge is 2.15. The molecule has 1 fully saturated rings. The highest BCUT2D eigenvalue weighted by atomic mass is 35.5. The van der Waals surface area contributed by atoms with Crippen LogP contribution in [0.5, 0.6) is 0 Å². The number of hydrogen-bond donors (Lipinski definition) is 1. The SMILES string of the molecule is O=C(CSc1nc2ccccc2c(=O)n1CCCN1CCCCC1)Nc1ccccc1Cl. The van der Waals surface area contributed by atoms with E-state index in [-0.39, 0.29) is 17.2 Å². The second-order valence-electron chi connectivity index (χ2n) is 7.94. The van der Waals surface area contributed by atoms with Crippen LogP contribution < -0.4 is 10.9 Å². The van der Waals surface area contributed by atoms with Crippen LogP contribution in [-0.4, -0.2) is 45.7 Å². The number of fused-ring (bicyclic) bond motifs is 1. The quantitative estimate of drug-likeness (QED) is 0.383. The van der Waals surface area contributed by atoms with Gasteiger partial charge >= 0.3 is 0 Å². The number of carbonyl (C=O) groups is 1. The average molecular weight is 471 g/mol. The van der Waals surface area contributed by atoms with E-state index < -0.39 is 0 Å². The number of benzene rings is 2. The van der Waals surface area contributed by atoms with Crippen molar-refractivity contribution in [1.82, 2.24) is 14.5 Å². The molecule has 6 nitrogen and oxygen atoms in total. The van der Waals surface area contributed by atoms with Crippen molar-refractivity contribution in [2.75, 3.05) is 30.7 Å². The number of carbonyl (C=O) groups excluding carboxylic acids is 1. The lowest BCUT2D eigenvalue weighted by Gasteiger charge is -2.26. The fourth-order valence-electron chi connectivity index (χ4n) is 3.97. The van der Waals surface area contributed by atoms with Crippen LogP contribution in [-0.2, 0) is 11.3 Å². The number of rotatable bonds is 8. The van der Waals surface area contributed by atoms with E-state index in [1.165, 1.54) is 31.0 Å². The van der Waals surface area contributed by atoms with Crippen LogP contribution in [0.3, 0.4) is 0 Å². The van der Waals surface area contributed by atoms with E-state index in [1.54, 1.807) is 16.7 Å². The Bertz CT molecular complexity index is 1140. The van der Waals surface area contributed by atoms with Crippen molar-refractivity contribution in [1.29, 1.82) is 0 Å². The standard InChI is InChI=1S/C24H27ClN4O2S/c25-19-10-3-5-12-21(19)26-22(30)17-32-24-27-20-11-4-2-9-18(20)23(31)29(24)16-8-15-28-13-6-1-7-14-28/h2-5,9-12H,1,6-8,13-17H2,(H,26,30). The van der Waals surface area contributed by atoms with E-state index in [2.05, 4.69) is 10.2 Å². The van der Waals surface area contributed by atoms with Gasteiger partial charge in [-0.1, -0.05) is 54.0 Å². The third-order valence-electron chi connectivity index (χ3n) is 5.61. The molecule has 0 radical (unpaired) electrons. The number of nitrogens with zero attached hydrogens (tertiary/aromatic N) is 3. The number of likely N-dealkylation sites (tertiary alicyclic amines) is 1. The number of para-hydroxylation sites is 2. The molecular weight excluding hydrogens is 444 g/mol. The van der Waals surface area contributed by atoms with E-state index in [1.807, 2.05) is 36.4 Å². The summed E-state index contributed by atoms with van der Waals surface area (Å²) >= 11 is 7.41. The van der Waals surface area contributed by atoms with Crippen LogP contribution in [0.4, 0.5) is 5.69 Å². The predicted molar refractivity (Wildman–Crippen MR) is 132 cm³/mol. The number of thioether (sulfide) groups is 1. The first-order chi connectivity index (χ1) is 15.6. The van der Waals surface area contributed by atoms with Gasteiger partial charge < -0.3 is 10.2 Å². The molecule has 1 amide bonds. The van der Waals surface area contributed by atoms with E-state index >= 15 is 0 Å². The summed E-state index contributed by atoms with van der Waals surface area (Å²) in [7, 11) is 0. The van der Waals surface area contributed by atoms with Crippen molar-refractivity contribution in [2.24, 2.45) is 0 Å². The van der Waals surface area contributed by atoms with Crippen LogP contribution in [0, 0.1) is 0 Å². The smallest absolute Gasteiger partial charge is 0.262 e. The molecule has 2 heterocycles. The minimum absolute atomic E-state index is 0.0525. The summed E-state index contributed by atoms with van der Waals surface area (Å²) in [5.41, 5.74) is 1.17. The molecule has 1 aliphatic heterocycles. The van der Waals surface area contributed by atoms with Gasteiger partial charge in [0.2, 0.25) is 5.91 Å². The van der Waals surface area contributed by atoms with Crippen molar-refractivity contribution < 1.29 is 4.79 Å². The Labute approximate surface area is 197 Å². The molecule has 2 aromatic carbocycles. The predicted octanol–water partition coefficient (Wildman–Crippen LogP) is 4.66. The van der Waals surface area contributed by atoms with E-state index in [0.717, 1.165) is 26.1 Å². The number of piperidine rings is 1. The molecule has 3 aromatic rings. The van der Waals surface area contributed by atoms with Crippen molar-refractivity contribution >= 4 is 45.9 Å². The number of halogens is 1. The van der Waals surface area contributed by atoms with E-state index in [0.29, 0.717) is 33.3 Å². The molecular formula is C24H27ClN4O2S. The Balaban J connectivity index is 1.48. The van der Waals surface area contributed by atoms with Crippen LogP contribution in [0.2, 0.25) is 5.02 Å². The summed E-state index contributed by atoms with van der Waals surface area (Å²) in [5.74, 6) is -0.0485. The highest BCUT2D eigenvalue weighted by Crippen LogP contribution is 2.22. The van der Waals surface area contributed by atoms with Gasteiger partial charge in [-0.05, 0) is 63.2 Å². The maximum absolute atomic E-state index is 13.2. The Morgan fingerprint density at radius 1 is 1.03 bits per heavy atom. The van der Waals surface area contributed by atoms with Gasteiger partial charge in [-0.15, -0.1) is 0 Å². The van der Waals surface area contributed by atoms with Gasteiger partial charge in [-0.3, -0.25) is 14.2 Å². The fraction of sp³-hybridized carbons (Fsp3) is 0.375. The molecule has 168 valence electrons. The molecule has 8 heteroatoms. The van der Waals surface area contributed by atoms with Gasteiger partial charge in [0.25, 0.3) is 5.56 Å². The van der Waals surface area contributed by atoms with Crippen LogP contribution in [0.15, 0.2) is 58.5 Å². The lowest BCUT2D eigenvalue weighted by molar-refractivity contribution is -0.113. The maximum Gasteiger partial charge on any atom is 0.262 e. The number of hydrogen-bond acceptors (Lipinski definition) is 5. The first-order valence-electron chi connectivity index (χ1n) is 11.0. The lowest BCUT2D eigenvalue weighted by atomic mass is 10.1. The highest BCUT2D eigenvalue weighted by molar-refractivity contribution is 7.99. The molecule has 0 unspecified atom stereocenters. The summed E-state index contributed by atoms with van der Waals surface area (Å²) in [6, 6.07) is 14.5. The van der Waals surface area contributed by atoms with Gasteiger partial charge in [0.1, 0.15) is 0 Å². The summed E-state index contributed by atoms with van der Waals surface area (Å²) in [4.78, 5) is 32.9. The Morgan fingerprint density at radius 3 is 2.59 bits per heavy atom. The fourth-order valence-corrected chi connectivity index (χ4v) is 4.98. The summed E-state index contributed by atoms with van der Waals surface area (Å²) in [5, 5.41) is 4.49. The van der Waals surface area contributed by atoms with E-state index in [4.69, 9.17) is 16.6 Å². The van der Waals surface area contributed by atoms with E-state index in [9.17, 15) is 9.59 Å². The van der Waals surface area contributed by atoms with Crippen LogP contribution in [0.1, 0.15) is 25.7 Å². The molecule has 4 rings (SSSR count). The second kappa shape index (κ2) is 11.0. The van der Waals surface area contributed by atoms with Crippen molar-refractivity contribution in [3.8, 4) is 0 Å². The topological polar surface area (TPSA) is 67.2 Å². The first kappa shape index (κ1) is 22.8. The molecule has 1 N–H and O–H groups in total. The third kappa shape index (κ3) is 5.71. The first-order valence-corrected chi connectivity index (χ1v) is 12.4. The number of aromatic nitrogens is 2. The third-order valence-corrected chi connectivity index (χ3v) is 6.92. The van der Waals surface area contributed by atoms with Crippen LogP contribution >= 0.6 is 23.4 Å². The summed E-state index contributed by atoms with van der Waals surface area (Å²) < 4.78 is 1.72. The van der Waals surface area contributed by atoms with Crippen molar-refractivity contribution in [3.05, 3.63) is 63.9 Å². The zero-order chi connectivity index (χ0) is 22.3. The Hall–Kier alpha value is -2.35. The largest absolute Gasteiger partial charge is 0.324 e. The normalized spacial score (nSPS) is 14.5. The molecule has 0 aliphatic carbocycles. The molecule has 1 aliphatic rings. The minimum Gasteiger partial charge on any atom is -0.324 e. The molecule has 1 saturated heterocycles. The van der Waals surface area contributed by atoms with Gasteiger partial charge in [0.05, 0.1) is 27.4 Å². The molecule has 0 spiro atoms. The van der Waals surface area contributed by atoms with Gasteiger partial charge in [0, 0.05) is 6.54 Å². The van der Waals surface area contributed by atoms with Gasteiger partial charge in [-0.2, -0.15) is 0 Å². The van der Waals surface area contributed by atoms with Crippen LogP contribution in [0.25, 0.3) is 10.9 Å². The lowest BCUT2D eigenvalue weighted by Crippen LogP contribution is -2.32. The number of amides is 1. The second-order valence-corrected chi connectivity index (χ2v) is 9.29. The average Bonchev–Trinajstić information content (AvgIpc) is 2.81. The Kier molecular flexibility index (Phi) is 7.84. The van der Waals surface area contributed by atoms with Gasteiger partial charge in [0.15, 0.2) is 5.16 Å². The number of anilines is 1. The van der Waals surface area contributed by atoms with Crippen molar-refractivity contribution in [3.63, 3.8) is 0 Å². The minimum atomic E-state index is -0.189. The molecule has 0 atom stereocenters. The van der Waals surface area contributed by atoms with Crippen molar-refractivity contribution in [2.45, 2.75) is 37.4 Å².